The Hall–Kier alpha value is -1.18. The number of nitrogens with zero attached hydrogens (tertiary/aromatic N) is 2. The smallest absolute Gasteiger partial charge is 0.318 e. The number of likely N-dealkylation sites (N-methyl/N-ethyl adjacent to an activating group) is 1. The molecule has 0 spiro atoms. The Morgan fingerprint density at radius 2 is 2.00 bits per heavy atom. The predicted molar refractivity (Wildman–Crippen MR) is 84.4 cm³/mol. The minimum atomic E-state index is -1.73. The van der Waals surface area contributed by atoms with Crippen LogP contribution in [0.4, 0.5) is 10.1 Å². The summed E-state index contributed by atoms with van der Waals surface area (Å²) in [6.07, 6.45) is 0. The summed E-state index contributed by atoms with van der Waals surface area (Å²) in [6.45, 7) is 3.09. The first kappa shape index (κ1) is 17.2. The van der Waals surface area contributed by atoms with Crippen LogP contribution in [-0.2, 0) is 20.3 Å². The fourth-order valence-corrected chi connectivity index (χ4v) is 3.64. The highest BCUT2D eigenvalue weighted by atomic mass is 35.5. The zero-order valence-electron chi connectivity index (χ0n) is 12.5. The van der Waals surface area contributed by atoms with Crippen molar-refractivity contribution < 1.29 is 18.1 Å². The number of halogens is 2. The normalized spacial score (nSPS) is 17.4. The molecule has 1 aliphatic heterocycles. The Kier molecular flexibility index (Phi) is 5.77. The Bertz CT molecular complexity index is 592. The third-order valence-electron chi connectivity index (χ3n) is 3.57. The van der Waals surface area contributed by atoms with E-state index in [4.69, 9.17) is 11.6 Å². The number of ether oxygens (including phenoxy) is 1. The van der Waals surface area contributed by atoms with Gasteiger partial charge in [-0.15, -0.1) is 0 Å². The lowest BCUT2D eigenvalue weighted by Gasteiger charge is -2.34. The average molecular weight is 349 g/mol. The molecule has 1 atom stereocenters. The van der Waals surface area contributed by atoms with E-state index in [0.29, 0.717) is 18.8 Å². The van der Waals surface area contributed by atoms with Gasteiger partial charge in [0.05, 0.1) is 33.5 Å². The van der Waals surface area contributed by atoms with Crippen molar-refractivity contribution in [2.45, 2.75) is 4.90 Å². The highest BCUT2D eigenvalue weighted by Crippen LogP contribution is 2.30. The van der Waals surface area contributed by atoms with Gasteiger partial charge in [0.1, 0.15) is 11.6 Å². The molecule has 0 bridgehead atoms. The number of carbonyl (C=O) groups is 1. The number of esters is 1. The van der Waals surface area contributed by atoms with Gasteiger partial charge in [-0.25, -0.2) is 4.39 Å². The van der Waals surface area contributed by atoms with Gasteiger partial charge in [0.15, 0.2) is 0 Å². The van der Waals surface area contributed by atoms with Crippen LogP contribution in [0.5, 0.6) is 0 Å². The average Bonchev–Trinajstić information content (AvgIpc) is 2.49. The van der Waals surface area contributed by atoms with Crippen LogP contribution >= 0.6 is 11.6 Å². The van der Waals surface area contributed by atoms with Crippen molar-refractivity contribution in [2.24, 2.45) is 0 Å². The lowest BCUT2D eigenvalue weighted by atomic mass is 10.2. The minimum Gasteiger partial charge on any atom is -0.468 e. The van der Waals surface area contributed by atoms with E-state index in [1.165, 1.54) is 13.2 Å². The van der Waals surface area contributed by atoms with Crippen molar-refractivity contribution in [1.29, 1.82) is 0 Å². The van der Waals surface area contributed by atoms with Crippen molar-refractivity contribution in [3.63, 3.8) is 0 Å². The van der Waals surface area contributed by atoms with Crippen LogP contribution in [0.15, 0.2) is 17.0 Å². The molecule has 1 aliphatic rings. The lowest BCUT2D eigenvalue weighted by Crippen LogP contribution is -2.44. The summed E-state index contributed by atoms with van der Waals surface area (Å²) < 4.78 is 30.8. The maximum atomic E-state index is 14.3. The minimum absolute atomic E-state index is 0.113. The van der Waals surface area contributed by atoms with Gasteiger partial charge in [0.25, 0.3) is 0 Å². The first-order chi connectivity index (χ1) is 10.4. The van der Waals surface area contributed by atoms with E-state index in [1.54, 1.807) is 0 Å². The van der Waals surface area contributed by atoms with Crippen LogP contribution in [0.25, 0.3) is 0 Å². The maximum absolute atomic E-state index is 14.3. The third kappa shape index (κ3) is 3.97. The van der Waals surface area contributed by atoms with Gasteiger partial charge in [-0.1, -0.05) is 11.6 Å². The molecule has 0 saturated carbocycles. The molecular formula is C14H18ClFN2O3S. The number of hydrogen-bond acceptors (Lipinski definition) is 5. The molecule has 1 heterocycles. The molecule has 0 N–H and O–H groups in total. The zero-order valence-corrected chi connectivity index (χ0v) is 14.0. The largest absolute Gasteiger partial charge is 0.468 e. The van der Waals surface area contributed by atoms with Gasteiger partial charge >= 0.3 is 5.97 Å². The molecule has 2 rings (SSSR count). The molecule has 8 heteroatoms. The summed E-state index contributed by atoms with van der Waals surface area (Å²) in [5, 5.41) is 0.192. The number of hydrogen-bond donors (Lipinski definition) is 0. The number of anilines is 1. The monoisotopic (exact) mass is 348 g/mol. The van der Waals surface area contributed by atoms with Crippen LogP contribution in [0, 0.1) is 5.82 Å². The van der Waals surface area contributed by atoms with E-state index >= 15 is 0 Å². The highest BCUT2D eigenvalue weighted by Gasteiger charge is 2.21. The standard InChI is InChI=1S/C14H18ClFN2O3S/c1-17-3-5-18(6-4-17)12-7-10(15)13(8-11(12)16)22(20)9-14(19)21-2/h7-8H,3-6,9H2,1-2H3. The second-order valence-corrected chi connectivity index (χ2v) is 6.92. The second kappa shape index (κ2) is 7.39. The number of benzene rings is 1. The van der Waals surface area contributed by atoms with Crippen molar-refractivity contribution >= 4 is 34.1 Å². The SMILES string of the molecule is COC(=O)CS(=O)c1cc(F)c(N2CCN(C)CC2)cc1Cl. The molecule has 1 saturated heterocycles. The Morgan fingerprint density at radius 1 is 1.36 bits per heavy atom. The van der Waals surface area contributed by atoms with Gasteiger partial charge in [0.2, 0.25) is 0 Å². The molecule has 0 radical (unpaired) electrons. The molecule has 0 aromatic heterocycles. The Balaban J connectivity index is 2.21. The molecule has 1 unspecified atom stereocenters. The van der Waals surface area contributed by atoms with E-state index in [9.17, 15) is 13.4 Å². The van der Waals surface area contributed by atoms with E-state index in [2.05, 4.69) is 9.64 Å². The summed E-state index contributed by atoms with van der Waals surface area (Å²) in [7, 11) is 1.49. The van der Waals surface area contributed by atoms with Crippen LogP contribution < -0.4 is 4.90 Å². The lowest BCUT2D eigenvalue weighted by molar-refractivity contribution is -0.137. The number of piperazine rings is 1. The van der Waals surface area contributed by atoms with Crippen molar-refractivity contribution in [3.05, 3.63) is 23.0 Å². The molecule has 0 aliphatic carbocycles. The van der Waals surface area contributed by atoms with Crippen molar-refractivity contribution in [2.75, 3.05) is 51.0 Å². The summed E-state index contributed by atoms with van der Waals surface area (Å²) in [5.74, 6) is -1.45. The van der Waals surface area contributed by atoms with E-state index in [1.807, 2.05) is 11.9 Å². The summed E-state index contributed by atoms with van der Waals surface area (Å²) in [6, 6.07) is 2.63. The van der Waals surface area contributed by atoms with Gasteiger partial charge < -0.3 is 14.5 Å². The first-order valence-electron chi connectivity index (χ1n) is 6.80. The number of carbonyl (C=O) groups excluding carboxylic acids is 1. The van der Waals surface area contributed by atoms with Crippen LogP contribution in [0.1, 0.15) is 0 Å². The van der Waals surface area contributed by atoms with Crippen LogP contribution in [-0.4, -0.2) is 61.2 Å². The van der Waals surface area contributed by atoms with Crippen LogP contribution in [0.2, 0.25) is 5.02 Å². The van der Waals surface area contributed by atoms with E-state index in [0.717, 1.165) is 19.2 Å². The summed E-state index contributed by atoms with van der Waals surface area (Å²) >= 11 is 6.12. The fourth-order valence-electron chi connectivity index (χ4n) is 2.23. The molecule has 0 amide bonds. The molecule has 1 aromatic carbocycles. The van der Waals surface area contributed by atoms with E-state index < -0.39 is 22.6 Å². The van der Waals surface area contributed by atoms with Gasteiger partial charge in [0, 0.05) is 26.2 Å². The summed E-state index contributed by atoms with van der Waals surface area (Å²) in [5.41, 5.74) is 0.400. The maximum Gasteiger partial charge on any atom is 0.318 e. The second-order valence-electron chi connectivity index (χ2n) is 5.09. The van der Waals surface area contributed by atoms with E-state index in [-0.39, 0.29) is 15.7 Å². The topological polar surface area (TPSA) is 49.9 Å². The quantitative estimate of drug-likeness (QED) is 0.772. The highest BCUT2D eigenvalue weighted by molar-refractivity contribution is 7.85. The molecule has 122 valence electrons. The molecule has 22 heavy (non-hydrogen) atoms. The molecule has 5 nitrogen and oxygen atoms in total. The van der Waals surface area contributed by atoms with Crippen molar-refractivity contribution in [1.82, 2.24) is 4.90 Å². The molecule has 1 aromatic rings. The predicted octanol–water partition coefficient (Wildman–Crippen LogP) is 1.51. The van der Waals surface area contributed by atoms with Gasteiger partial charge in [-0.2, -0.15) is 0 Å². The van der Waals surface area contributed by atoms with Gasteiger partial charge in [-0.05, 0) is 19.2 Å². The van der Waals surface area contributed by atoms with Gasteiger partial charge in [-0.3, -0.25) is 9.00 Å². The van der Waals surface area contributed by atoms with Crippen molar-refractivity contribution in [3.8, 4) is 0 Å². The third-order valence-corrected chi connectivity index (χ3v) is 5.32. The Morgan fingerprint density at radius 3 is 2.59 bits per heavy atom. The fraction of sp³-hybridized carbons (Fsp3) is 0.500. The Labute approximate surface area is 136 Å². The van der Waals surface area contributed by atoms with Crippen LogP contribution in [0.3, 0.4) is 0 Å². The molecule has 1 fully saturated rings. The number of rotatable bonds is 4. The number of methoxy groups -OCH3 is 1. The zero-order chi connectivity index (χ0) is 16.3. The molecular weight excluding hydrogens is 331 g/mol. The first-order valence-corrected chi connectivity index (χ1v) is 8.49. The summed E-state index contributed by atoms with van der Waals surface area (Å²) in [4.78, 5) is 15.4.